The molecule has 2 aromatic heterocycles. The smallest absolute Gasteiger partial charge is 0.255 e. The molecular formula is C24H23N3O4. The summed E-state index contributed by atoms with van der Waals surface area (Å²) in [6.07, 6.45) is 5.60. The fourth-order valence-electron chi connectivity index (χ4n) is 4.28. The molecule has 0 bridgehead atoms. The minimum absolute atomic E-state index is 0.0215. The van der Waals surface area contributed by atoms with Crippen LogP contribution in [0.5, 0.6) is 5.75 Å². The van der Waals surface area contributed by atoms with Gasteiger partial charge in [-0.15, -0.1) is 0 Å². The number of aryl methyl sites for hydroxylation is 3. The number of ketones is 1. The van der Waals surface area contributed by atoms with Crippen molar-refractivity contribution in [3.8, 4) is 17.0 Å². The second kappa shape index (κ2) is 7.65. The van der Waals surface area contributed by atoms with Gasteiger partial charge < -0.3 is 14.5 Å². The predicted octanol–water partition coefficient (Wildman–Crippen LogP) is 3.61. The molecule has 0 radical (unpaired) electrons. The maximum Gasteiger partial charge on any atom is 0.255 e. The minimum Gasteiger partial charge on any atom is -0.488 e. The van der Waals surface area contributed by atoms with Gasteiger partial charge in [0.15, 0.2) is 5.78 Å². The molecule has 7 heteroatoms. The van der Waals surface area contributed by atoms with E-state index in [0.717, 1.165) is 40.4 Å². The number of furan rings is 1. The highest BCUT2D eigenvalue weighted by molar-refractivity contribution is 6.09. The van der Waals surface area contributed by atoms with Gasteiger partial charge in [0.1, 0.15) is 23.9 Å². The molecule has 3 heterocycles. The van der Waals surface area contributed by atoms with Crippen molar-refractivity contribution in [1.29, 1.82) is 0 Å². The van der Waals surface area contributed by atoms with E-state index in [2.05, 4.69) is 21.4 Å². The highest BCUT2D eigenvalue weighted by Crippen LogP contribution is 2.33. The van der Waals surface area contributed by atoms with Gasteiger partial charge in [0.2, 0.25) is 0 Å². The van der Waals surface area contributed by atoms with E-state index < -0.39 is 0 Å². The Morgan fingerprint density at radius 1 is 1.26 bits per heavy atom. The van der Waals surface area contributed by atoms with Crippen LogP contribution in [0.25, 0.3) is 11.3 Å². The Balaban J connectivity index is 1.27. The second-order valence-electron chi connectivity index (χ2n) is 8.15. The molecule has 1 atom stereocenters. The lowest BCUT2D eigenvalue weighted by molar-refractivity contribution is 0.0914. The fraction of sp³-hybridized carbons (Fsp3) is 0.333. The Hall–Kier alpha value is -3.48. The maximum atomic E-state index is 12.7. The lowest BCUT2D eigenvalue weighted by atomic mass is 9.94. The Labute approximate surface area is 179 Å². The zero-order chi connectivity index (χ0) is 21.5. The Morgan fingerprint density at radius 2 is 2.13 bits per heavy atom. The molecular weight excluding hydrogens is 394 g/mol. The van der Waals surface area contributed by atoms with Gasteiger partial charge in [0, 0.05) is 31.0 Å². The number of nitrogens with zero attached hydrogens (tertiary/aromatic N) is 2. The van der Waals surface area contributed by atoms with Crippen molar-refractivity contribution in [3.05, 3.63) is 64.5 Å². The number of nitrogens with one attached hydrogen (secondary N) is 1. The van der Waals surface area contributed by atoms with Crippen molar-refractivity contribution in [2.24, 2.45) is 0 Å². The lowest BCUT2D eigenvalue weighted by Crippen LogP contribution is -2.35. The second-order valence-corrected chi connectivity index (χ2v) is 8.15. The average Bonchev–Trinajstić information content (AvgIpc) is 3.38. The van der Waals surface area contributed by atoms with Crippen LogP contribution in [0.4, 0.5) is 0 Å². The normalized spacial score (nSPS) is 17.1. The molecule has 7 nitrogen and oxygen atoms in total. The monoisotopic (exact) mass is 417 g/mol. The number of rotatable bonds is 4. The van der Waals surface area contributed by atoms with Crippen LogP contribution in [0.15, 0.2) is 35.1 Å². The Morgan fingerprint density at radius 3 is 3.00 bits per heavy atom. The summed E-state index contributed by atoms with van der Waals surface area (Å²) in [5.74, 6) is 1.11. The van der Waals surface area contributed by atoms with Crippen LogP contribution >= 0.6 is 0 Å². The third-order valence-electron chi connectivity index (χ3n) is 5.84. The van der Waals surface area contributed by atoms with Crippen molar-refractivity contribution in [1.82, 2.24) is 15.3 Å². The topological polar surface area (TPSA) is 94.3 Å². The first-order valence-electron chi connectivity index (χ1n) is 10.5. The Kier molecular flexibility index (Phi) is 4.81. The molecule has 5 rings (SSSR count). The zero-order valence-electron chi connectivity index (χ0n) is 17.5. The molecule has 1 amide bonds. The van der Waals surface area contributed by atoms with Crippen LogP contribution in [0.1, 0.15) is 56.3 Å². The molecule has 3 aromatic rings. The zero-order valence-corrected chi connectivity index (χ0v) is 17.5. The SMILES string of the molecule is Cc1cnc(C)c(-c2ccc3c(c2)C[C@H](CNC(=O)c2coc4c2C(=O)CCC4)O3)n1. The van der Waals surface area contributed by atoms with Gasteiger partial charge in [-0.05, 0) is 44.0 Å². The average molecular weight is 417 g/mol. The molecule has 1 aromatic carbocycles. The predicted molar refractivity (Wildman–Crippen MR) is 113 cm³/mol. The summed E-state index contributed by atoms with van der Waals surface area (Å²) in [6.45, 7) is 4.22. The van der Waals surface area contributed by atoms with Crippen LogP contribution in [-0.4, -0.2) is 34.3 Å². The summed E-state index contributed by atoms with van der Waals surface area (Å²) in [4.78, 5) is 33.9. The van der Waals surface area contributed by atoms with Crippen molar-refractivity contribution >= 4 is 11.7 Å². The number of hydrogen-bond acceptors (Lipinski definition) is 6. The summed E-state index contributed by atoms with van der Waals surface area (Å²) in [5.41, 5.74) is 5.47. The molecule has 1 N–H and O–H groups in total. The quantitative estimate of drug-likeness (QED) is 0.697. The maximum absolute atomic E-state index is 12.7. The number of aromatic nitrogens is 2. The van der Waals surface area contributed by atoms with Crippen LogP contribution in [-0.2, 0) is 12.8 Å². The van der Waals surface area contributed by atoms with Gasteiger partial charge in [-0.3, -0.25) is 14.6 Å². The minimum atomic E-state index is -0.300. The van der Waals surface area contributed by atoms with Crippen LogP contribution in [0, 0.1) is 13.8 Å². The van der Waals surface area contributed by atoms with Crippen LogP contribution in [0.2, 0.25) is 0 Å². The molecule has 1 aliphatic carbocycles. The first-order valence-corrected chi connectivity index (χ1v) is 10.5. The number of amides is 1. The van der Waals surface area contributed by atoms with E-state index in [9.17, 15) is 9.59 Å². The van der Waals surface area contributed by atoms with Gasteiger partial charge in [-0.1, -0.05) is 0 Å². The third kappa shape index (κ3) is 3.60. The lowest BCUT2D eigenvalue weighted by Gasteiger charge is -2.13. The molecule has 1 aliphatic heterocycles. The number of fused-ring (bicyclic) bond motifs is 2. The summed E-state index contributed by atoms with van der Waals surface area (Å²) in [5, 5.41) is 2.90. The highest BCUT2D eigenvalue weighted by Gasteiger charge is 2.29. The van der Waals surface area contributed by atoms with Gasteiger partial charge in [0.05, 0.1) is 34.8 Å². The molecule has 2 aliphatic rings. The molecule has 158 valence electrons. The summed E-state index contributed by atoms with van der Waals surface area (Å²) in [6, 6.07) is 6.01. The van der Waals surface area contributed by atoms with E-state index in [-0.39, 0.29) is 17.8 Å². The van der Waals surface area contributed by atoms with Crippen molar-refractivity contribution in [3.63, 3.8) is 0 Å². The molecule has 0 saturated carbocycles. The Bertz CT molecular complexity index is 1200. The van der Waals surface area contributed by atoms with Crippen molar-refractivity contribution in [2.45, 2.75) is 45.6 Å². The number of Topliss-reactive ketones (excluding diaryl/α,β-unsaturated/α-hetero) is 1. The third-order valence-corrected chi connectivity index (χ3v) is 5.84. The molecule has 0 unspecified atom stereocenters. The number of hydrogen-bond donors (Lipinski definition) is 1. The van der Waals surface area contributed by atoms with E-state index in [1.165, 1.54) is 6.26 Å². The molecule has 0 spiro atoms. The van der Waals surface area contributed by atoms with Crippen molar-refractivity contribution < 1.29 is 18.7 Å². The van der Waals surface area contributed by atoms with E-state index in [1.54, 1.807) is 6.20 Å². The number of carbonyl (C=O) groups is 2. The van der Waals surface area contributed by atoms with E-state index in [0.29, 0.717) is 42.7 Å². The van der Waals surface area contributed by atoms with Crippen molar-refractivity contribution in [2.75, 3.05) is 6.54 Å². The van der Waals surface area contributed by atoms with Gasteiger partial charge in [-0.25, -0.2) is 4.98 Å². The number of benzene rings is 1. The summed E-state index contributed by atoms with van der Waals surface area (Å²) >= 11 is 0. The first-order chi connectivity index (χ1) is 15.0. The van der Waals surface area contributed by atoms with Gasteiger partial charge in [-0.2, -0.15) is 0 Å². The van der Waals surface area contributed by atoms with E-state index >= 15 is 0 Å². The van der Waals surface area contributed by atoms with Crippen LogP contribution in [0.3, 0.4) is 0 Å². The highest BCUT2D eigenvalue weighted by atomic mass is 16.5. The number of carbonyl (C=O) groups excluding carboxylic acids is 2. The molecule has 0 saturated heterocycles. The van der Waals surface area contributed by atoms with Crippen LogP contribution < -0.4 is 10.1 Å². The van der Waals surface area contributed by atoms with E-state index in [1.807, 2.05) is 26.0 Å². The van der Waals surface area contributed by atoms with Gasteiger partial charge in [0.25, 0.3) is 5.91 Å². The number of ether oxygens (including phenoxy) is 1. The van der Waals surface area contributed by atoms with E-state index in [4.69, 9.17) is 9.15 Å². The largest absolute Gasteiger partial charge is 0.488 e. The standard InChI is InChI=1S/C24H23N3O4/c1-13-10-25-14(2)23(27-13)15-6-7-20-16(8-15)9-17(31-20)11-26-24(29)18-12-30-21-5-3-4-19(28)22(18)21/h6-8,10,12,17H,3-5,9,11H2,1-2H3,(H,26,29)/t17-/m1/s1. The summed E-state index contributed by atoms with van der Waals surface area (Å²) < 4.78 is 11.5. The molecule has 31 heavy (non-hydrogen) atoms. The fourth-order valence-corrected chi connectivity index (χ4v) is 4.28. The first kappa shape index (κ1) is 19.5. The summed E-state index contributed by atoms with van der Waals surface area (Å²) in [7, 11) is 0. The van der Waals surface area contributed by atoms with Gasteiger partial charge >= 0.3 is 0 Å². The molecule has 0 fully saturated rings.